The summed E-state index contributed by atoms with van der Waals surface area (Å²) >= 11 is 0. The third kappa shape index (κ3) is 4.54. The van der Waals surface area contributed by atoms with Crippen molar-refractivity contribution in [2.24, 2.45) is 0 Å². The van der Waals surface area contributed by atoms with Crippen molar-refractivity contribution < 1.29 is 98.8 Å². The second kappa shape index (κ2) is 8.60. The monoisotopic (exact) mass is 462 g/mol. The minimum Gasteiger partial charge on any atom is -0.265 e. The summed E-state index contributed by atoms with van der Waals surface area (Å²) < 4.78 is 0. The van der Waals surface area contributed by atoms with Gasteiger partial charge in [0.25, 0.3) is 0 Å². The van der Waals surface area contributed by atoms with E-state index in [-0.39, 0.29) is 98.8 Å². The van der Waals surface area contributed by atoms with E-state index in [1.807, 2.05) is 24.3 Å². The van der Waals surface area contributed by atoms with Gasteiger partial charge in [-0.3, -0.25) is 9.97 Å². The number of nitrogens with zero attached hydrogens (tertiary/aromatic N) is 2. The van der Waals surface area contributed by atoms with Crippen LogP contribution >= 0.6 is 0 Å². The van der Waals surface area contributed by atoms with E-state index in [1.165, 1.54) is 11.1 Å². The Kier molecular flexibility index (Phi) is 9.50. The van der Waals surface area contributed by atoms with Gasteiger partial charge in [0.2, 0.25) is 0 Å². The normalized spacial score (nSPS) is 8.29. The molecule has 0 atom stereocenters. The molecule has 4 heteroatoms. The van der Waals surface area contributed by atoms with Crippen molar-refractivity contribution >= 4 is 0 Å². The van der Waals surface area contributed by atoms with Gasteiger partial charge in [0.05, 0.1) is 0 Å². The molecule has 66 valence electrons. The maximum atomic E-state index is 3.96. The van der Waals surface area contributed by atoms with E-state index in [9.17, 15) is 0 Å². The summed E-state index contributed by atoms with van der Waals surface area (Å²) in [5.41, 5.74) is 2.35. The molecular formula is C10H8Eu2N2+6. The smallest absolute Gasteiger partial charge is 0.265 e. The topological polar surface area (TPSA) is 25.8 Å². The first-order valence-electron chi connectivity index (χ1n) is 3.77. The van der Waals surface area contributed by atoms with Crippen LogP contribution in [0.2, 0.25) is 0 Å². The minimum atomic E-state index is 0. The molecule has 2 heterocycles. The van der Waals surface area contributed by atoms with E-state index in [1.54, 1.807) is 24.8 Å². The Labute approximate surface area is 165 Å². The molecule has 0 aliphatic rings. The number of pyridine rings is 2. The molecule has 0 radical (unpaired) electrons. The molecule has 14 heavy (non-hydrogen) atoms. The molecule has 0 saturated heterocycles. The molecule has 0 amide bonds. The fourth-order valence-corrected chi connectivity index (χ4v) is 1.09. The van der Waals surface area contributed by atoms with Gasteiger partial charge in [0, 0.05) is 24.8 Å². The van der Waals surface area contributed by atoms with Crippen molar-refractivity contribution in [1.29, 1.82) is 0 Å². The van der Waals surface area contributed by atoms with Gasteiger partial charge in [0.1, 0.15) is 0 Å². The number of hydrogen-bond acceptors (Lipinski definition) is 2. The van der Waals surface area contributed by atoms with Crippen LogP contribution in [0.4, 0.5) is 0 Å². The minimum absolute atomic E-state index is 0. The fourth-order valence-electron chi connectivity index (χ4n) is 1.09. The Hall–Kier alpha value is 1.47. The molecule has 0 bridgehead atoms. The van der Waals surface area contributed by atoms with Crippen molar-refractivity contribution in [2.75, 3.05) is 0 Å². The summed E-state index contributed by atoms with van der Waals surface area (Å²) in [6.45, 7) is 0. The van der Waals surface area contributed by atoms with E-state index in [0.717, 1.165) is 0 Å². The van der Waals surface area contributed by atoms with Crippen molar-refractivity contribution in [1.82, 2.24) is 9.97 Å². The third-order valence-corrected chi connectivity index (χ3v) is 1.69. The summed E-state index contributed by atoms with van der Waals surface area (Å²) in [6, 6.07) is 7.93. The van der Waals surface area contributed by atoms with E-state index >= 15 is 0 Å². The van der Waals surface area contributed by atoms with Crippen LogP contribution in [0.3, 0.4) is 0 Å². The summed E-state index contributed by atoms with van der Waals surface area (Å²) in [5, 5.41) is 0. The number of aromatic nitrogens is 2. The molecule has 2 aromatic heterocycles. The molecule has 0 aliphatic heterocycles. The van der Waals surface area contributed by atoms with Crippen molar-refractivity contribution in [3.05, 3.63) is 49.1 Å². The third-order valence-electron chi connectivity index (χ3n) is 1.69. The van der Waals surface area contributed by atoms with Gasteiger partial charge < -0.3 is 0 Å². The molecule has 0 aliphatic carbocycles. The van der Waals surface area contributed by atoms with Crippen LogP contribution in [0.25, 0.3) is 11.1 Å². The zero-order valence-corrected chi connectivity index (χ0v) is 12.1. The maximum Gasteiger partial charge on any atom is 3.00 e. The van der Waals surface area contributed by atoms with Crippen LogP contribution in [0, 0.1) is 98.8 Å². The summed E-state index contributed by atoms with van der Waals surface area (Å²) in [7, 11) is 0. The molecule has 0 fully saturated rings. The van der Waals surface area contributed by atoms with Crippen LogP contribution in [0.1, 0.15) is 0 Å². The molecule has 2 aromatic rings. The Morgan fingerprint density at radius 2 is 0.857 bits per heavy atom. The van der Waals surface area contributed by atoms with Crippen molar-refractivity contribution in [3.63, 3.8) is 0 Å². The molecule has 0 spiro atoms. The van der Waals surface area contributed by atoms with E-state index in [0.29, 0.717) is 0 Å². The molecule has 0 unspecified atom stereocenters. The van der Waals surface area contributed by atoms with Crippen LogP contribution < -0.4 is 0 Å². The van der Waals surface area contributed by atoms with Crippen molar-refractivity contribution in [2.45, 2.75) is 0 Å². The van der Waals surface area contributed by atoms with Gasteiger partial charge in [-0.15, -0.1) is 0 Å². The predicted molar refractivity (Wildman–Crippen MR) is 47.5 cm³/mol. The Balaban J connectivity index is 0.000000845. The average Bonchev–Trinajstić information content (AvgIpc) is 2.21. The Morgan fingerprint density at radius 3 is 1.14 bits per heavy atom. The Morgan fingerprint density at radius 1 is 0.571 bits per heavy atom. The first kappa shape index (κ1) is 15.5. The van der Waals surface area contributed by atoms with Crippen LogP contribution in [0.15, 0.2) is 49.1 Å². The van der Waals surface area contributed by atoms with Gasteiger partial charge in [-0.05, 0) is 35.4 Å². The molecule has 0 aromatic carbocycles. The standard InChI is InChI=1S/C10H8N2.2Eu/c1-5-11-6-2-9(1)10-3-7-12-8-4-10;;/h1-8H;;/q;2*+3. The second-order valence-electron chi connectivity index (χ2n) is 2.47. The average molecular weight is 460 g/mol. The van der Waals surface area contributed by atoms with Crippen LogP contribution in [0.5, 0.6) is 0 Å². The zero-order valence-electron chi connectivity index (χ0n) is 7.27. The van der Waals surface area contributed by atoms with E-state index in [4.69, 9.17) is 0 Å². The zero-order chi connectivity index (χ0) is 8.23. The Bertz CT molecular complexity index is 314. The summed E-state index contributed by atoms with van der Waals surface area (Å²) in [6.07, 6.45) is 7.15. The molecular weight excluding hydrogens is 452 g/mol. The van der Waals surface area contributed by atoms with Gasteiger partial charge in [0.15, 0.2) is 0 Å². The first-order valence-corrected chi connectivity index (χ1v) is 3.77. The van der Waals surface area contributed by atoms with E-state index in [2.05, 4.69) is 9.97 Å². The second-order valence-corrected chi connectivity index (χ2v) is 2.47. The van der Waals surface area contributed by atoms with Crippen LogP contribution in [-0.4, -0.2) is 9.97 Å². The van der Waals surface area contributed by atoms with Crippen molar-refractivity contribution in [3.8, 4) is 11.1 Å². The number of rotatable bonds is 1. The van der Waals surface area contributed by atoms with Gasteiger partial charge in [-0.1, -0.05) is 0 Å². The largest absolute Gasteiger partial charge is 3.00 e. The summed E-state index contributed by atoms with van der Waals surface area (Å²) in [5.74, 6) is 0. The van der Waals surface area contributed by atoms with Gasteiger partial charge in [-0.25, -0.2) is 0 Å². The molecule has 0 saturated carbocycles. The molecule has 2 nitrogen and oxygen atoms in total. The first-order chi connectivity index (χ1) is 5.97. The molecule has 0 N–H and O–H groups in total. The van der Waals surface area contributed by atoms with Crippen LogP contribution in [-0.2, 0) is 0 Å². The van der Waals surface area contributed by atoms with E-state index < -0.39 is 0 Å². The quantitative estimate of drug-likeness (QED) is 0.653. The van der Waals surface area contributed by atoms with Gasteiger partial charge in [-0.2, -0.15) is 0 Å². The fraction of sp³-hybridized carbons (Fsp3) is 0. The predicted octanol–water partition coefficient (Wildman–Crippen LogP) is 2.14. The number of hydrogen-bond donors (Lipinski definition) is 0. The maximum absolute atomic E-state index is 3.96. The SMILES string of the molecule is [Eu+3].[Eu+3].c1cc(-c2ccncc2)ccn1. The summed E-state index contributed by atoms with van der Waals surface area (Å²) in [4.78, 5) is 7.91. The van der Waals surface area contributed by atoms with Gasteiger partial charge >= 0.3 is 98.8 Å². The molecule has 2 rings (SSSR count).